The predicted octanol–water partition coefficient (Wildman–Crippen LogP) is 1.53. The van der Waals surface area contributed by atoms with E-state index >= 15 is 0 Å². The topological polar surface area (TPSA) is 86.2 Å². The van der Waals surface area contributed by atoms with Crippen molar-refractivity contribution in [2.24, 2.45) is 21.6 Å². The molecule has 1 saturated carbocycles. The van der Waals surface area contributed by atoms with Gasteiger partial charge < -0.3 is 16.3 Å². The Morgan fingerprint density at radius 3 is 2.91 bits per heavy atom. The molecule has 3 atom stereocenters. The number of aliphatic hydroxyl groups is 1. The van der Waals surface area contributed by atoms with Crippen LogP contribution in [0.2, 0.25) is 0 Å². The molecule has 0 aromatic heterocycles. The van der Waals surface area contributed by atoms with Crippen molar-refractivity contribution >= 4 is 17.9 Å². The number of hydrogen-bond acceptors (Lipinski definition) is 4. The maximum Gasteiger partial charge on any atom is 0.132 e. The van der Waals surface area contributed by atoms with Crippen LogP contribution in [0.15, 0.2) is 28.2 Å². The van der Waals surface area contributed by atoms with Crippen molar-refractivity contribution in [3.8, 4) is 0 Å². The van der Waals surface area contributed by atoms with Crippen LogP contribution in [-0.2, 0) is 0 Å². The smallest absolute Gasteiger partial charge is 0.132 e. The summed E-state index contributed by atoms with van der Waals surface area (Å²) < 4.78 is 0. The normalized spacial score (nSPS) is 31.2. The first-order chi connectivity index (χ1) is 10.9. The van der Waals surface area contributed by atoms with Crippen LogP contribution in [0.3, 0.4) is 0 Å². The van der Waals surface area contributed by atoms with Gasteiger partial charge in [-0.2, -0.15) is 0 Å². The Bertz CT molecular complexity index is 652. The molecule has 6 heteroatoms. The zero-order chi connectivity index (χ0) is 16.6. The van der Waals surface area contributed by atoms with Gasteiger partial charge in [-0.05, 0) is 44.4 Å². The van der Waals surface area contributed by atoms with Crippen LogP contribution < -0.4 is 11.2 Å². The lowest BCUT2D eigenvalue weighted by molar-refractivity contribution is -0.0111. The minimum atomic E-state index is -0.516. The summed E-state index contributed by atoms with van der Waals surface area (Å²) in [5.74, 6) is 0.806. The number of aliphatic imine (C=N–C) groups is 2. The summed E-state index contributed by atoms with van der Waals surface area (Å²) in [6.45, 7) is 4.83. The molecule has 2 bridgehead atoms. The van der Waals surface area contributed by atoms with Crippen molar-refractivity contribution in [1.82, 2.24) is 5.01 Å². The summed E-state index contributed by atoms with van der Waals surface area (Å²) >= 11 is 0. The third-order valence-corrected chi connectivity index (χ3v) is 5.04. The predicted molar refractivity (Wildman–Crippen MR) is 93.8 cm³/mol. The van der Waals surface area contributed by atoms with E-state index in [4.69, 9.17) is 5.73 Å². The first-order valence-electron chi connectivity index (χ1n) is 8.01. The molecular weight excluding hydrogens is 290 g/mol. The van der Waals surface area contributed by atoms with E-state index in [0.29, 0.717) is 17.8 Å². The number of nitrogens with two attached hydrogens (primary N) is 1. The molecule has 0 spiro atoms. The number of amidine groups is 1. The van der Waals surface area contributed by atoms with E-state index in [1.807, 2.05) is 32.0 Å². The Hall–Kier alpha value is -1.92. The number of nitrogens with zero attached hydrogens (tertiary/aromatic N) is 3. The minimum absolute atomic E-state index is 0.345. The van der Waals surface area contributed by atoms with Gasteiger partial charge in [0.05, 0.1) is 5.60 Å². The summed E-state index contributed by atoms with van der Waals surface area (Å²) in [6, 6.07) is 6.48. The molecule has 1 aromatic carbocycles. The molecule has 23 heavy (non-hydrogen) atoms. The van der Waals surface area contributed by atoms with Gasteiger partial charge in [0.1, 0.15) is 12.2 Å². The van der Waals surface area contributed by atoms with E-state index < -0.39 is 5.60 Å². The van der Waals surface area contributed by atoms with Crippen molar-refractivity contribution in [3.63, 3.8) is 0 Å². The van der Waals surface area contributed by atoms with Gasteiger partial charge in [0.15, 0.2) is 0 Å². The largest absolute Gasteiger partial charge is 0.390 e. The molecule has 1 aromatic rings. The van der Waals surface area contributed by atoms with E-state index in [0.717, 1.165) is 36.2 Å². The van der Waals surface area contributed by atoms with Gasteiger partial charge in [0, 0.05) is 36.8 Å². The summed E-state index contributed by atoms with van der Waals surface area (Å²) in [5.41, 5.74) is 12.0. The highest BCUT2D eigenvalue weighted by atomic mass is 16.3. The molecule has 1 heterocycles. The molecule has 4 N–H and O–H groups in total. The lowest BCUT2D eigenvalue weighted by Crippen LogP contribution is -2.46. The first kappa shape index (κ1) is 16.0. The van der Waals surface area contributed by atoms with Crippen LogP contribution >= 0.6 is 0 Å². The summed E-state index contributed by atoms with van der Waals surface area (Å²) in [4.78, 5) is 7.97. The summed E-state index contributed by atoms with van der Waals surface area (Å²) in [7, 11) is 1.67. The Balaban J connectivity index is 1.75. The molecule has 2 aliphatic rings. The molecule has 3 rings (SSSR count). The number of hydrazine groups is 1. The monoisotopic (exact) mass is 315 g/mol. The Labute approximate surface area is 137 Å². The maximum atomic E-state index is 10.3. The number of anilines is 1. The highest BCUT2D eigenvalue weighted by molar-refractivity contribution is 6.02. The quantitative estimate of drug-likeness (QED) is 0.581. The van der Waals surface area contributed by atoms with Crippen LogP contribution in [0.4, 0.5) is 5.69 Å². The first-order valence-corrected chi connectivity index (χ1v) is 8.01. The molecule has 0 amide bonds. The number of rotatable bonds is 4. The van der Waals surface area contributed by atoms with E-state index in [1.165, 1.54) is 6.34 Å². The second kappa shape index (κ2) is 5.94. The van der Waals surface area contributed by atoms with Gasteiger partial charge in [-0.3, -0.25) is 4.99 Å². The summed E-state index contributed by atoms with van der Waals surface area (Å²) in [6.07, 6.45) is 3.33. The summed E-state index contributed by atoms with van der Waals surface area (Å²) in [5, 5.41) is 12.5. The number of benzene rings is 1. The molecule has 2 fully saturated rings. The molecule has 3 unspecified atom stereocenters. The maximum absolute atomic E-state index is 10.3. The van der Waals surface area contributed by atoms with E-state index in [1.54, 1.807) is 7.05 Å². The standard InChI is InChI=1S/C17H25N5O/c1-11-4-5-13(7-15(11)16(18)20-10-19-3)21-22-9-12-6-14(22)8-17(12,2)23/h4-5,7,10,12,14,21,23H,6,8-9H2,1-3H3,(H2,18,19,20). The van der Waals surface area contributed by atoms with Crippen LogP contribution in [-0.4, -0.2) is 47.5 Å². The van der Waals surface area contributed by atoms with Crippen molar-refractivity contribution in [2.75, 3.05) is 19.0 Å². The number of piperidine rings is 1. The van der Waals surface area contributed by atoms with Crippen molar-refractivity contribution in [3.05, 3.63) is 29.3 Å². The van der Waals surface area contributed by atoms with Gasteiger partial charge in [0.25, 0.3) is 0 Å². The zero-order valence-electron chi connectivity index (χ0n) is 14.0. The third kappa shape index (κ3) is 3.09. The zero-order valence-corrected chi connectivity index (χ0v) is 14.0. The van der Waals surface area contributed by atoms with Crippen LogP contribution in [0.25, 0.3) is 0 Å². The Morgan fingerprint density at radius 1 is 1.52 bits per heavy atom. The molecule has 1 aliphatic heterocycles. The molecule has 124 valence electrons. The molecule has 1 saturated heterocycles. The van der Waals surface area contributed by atoms with Gasteiger partial charge in [-0.25, -0.2) is 10.0 Å². The molecule has 0 radical (unpaired) electrons. The van der Waals surface area contributed by atoms with Gasteiger partial charge in [-0.15, -0.1) is 0 Å². The highest BCUT2D eigenvalue weighted by Gasteiger charge is 2.51. The fourth-order valence-corrected chi connectivity index (χ4v) is 3.66. The number of nitrogens with one attached hydrogen (secondary N) is 1. The lowest BCUT2D eigenvalue weighted by Gasteiger charge is -2.35. The van der Waals surface area contributed by atoms with E-state index in [-0.39, 0.29) is 0 Å². The average Bonchev–Trinajstić information content (AvgIpc) is 3.02. The fraction of sp³-hybridized carbons (Fsp3) is 0.529. The fourth-order valence-electron chi connectivity index (χ4n) is 3.66. The molecule has 6 nitrogen and oxygen atoms in total. The van der Waals surface area contributed by atoms with Gasteiger partial charge in [0.2, 0.25) is 0 Å². The second-order valence-corrected chi connectivity index (χ2v) is 6.83. The SMILES string of the molecule is CN=CN=C(N)c1cc(NN2CC3CC2CC3(C)O)ccc1C. The van der Waals surface area contributed by atoms with Crippen molar-refractivity contribution in [2.45, 2.75) is 38.3 Å². The van der Waals surface area contributed by atoms with Gasteiger partial charge >= 0.3 is 0 Å². The molecule has 1 aliphatic carbocycles. The second-order valence-electron chi connectivity index (χ2n) is 6.83. The minimum Gasteiger partial charge on any atom is -0.390 e. The number of aryl methyl sites for hydroxylation is 1. The van der Waals surface area contributed by atoms with Crippen LogP contribution in [0, 0.1) is 12.8 Å². The average molecular weight is 315 g/mol. The van der Waals surface area contributed by atoms with Crippen LogP contribution in [0.1, 0.15) is 30.9 Å². The highest BCUT2D eigenvalue weighted by Crippen LogP contribution is 2.44. The number of hydrogen-bond donors (Lipinski definition) is 3. The Kier molecular flexibility index (Phi) is 4.12. The van der Waals surface area contributed by atoms with E-state index in [2.05, 4.69) is 20.4 Å². The number of fused-ring (bicyclic) bond motifs is 2. The van der Waals surface area contributed by atoms with Crippen LogP contribution in [0.5, 0.6) is 0 Å². The van der Waals surface area contributed by atoms with Crippen molar-refractivity contribution < 1.29 is 5.11 Å². The molecular formula is C17H25N5O. The van der Waals surface area contributed by atoms with E-state index in [9.17, 15) is 5.11 Å². The third-order valence-electron chi connectivity index (χ3n) is 5.04. The Morgan fingerprint density at radius 2 is 2.30 bits per heavy atom. The van der Waals surface area contributed by atoms with Gasteiger partial charge in [-0.1, -0.05) is 6.07 Å². The lowest BCUT2D eigenvalue weighted by atomic mass is 9.92. The van der Waals surface area contributed by atoms with Crippen molar-refractivity contribution in [1.29, 1.82) is 0 Å².